The molecule has 3 aromatic carbocycles. The van der Waals surface area contributed by atoms with Gasteiger partial charge in [-0.2, -0.15) is 13.2 Å². The van der Waals surface area contributed by atoms with Gasteiger partial charge < -0.3 is 10.6 Å². The summed E-state index contributed by atoms with van der Waals surface area (Å²) in [7, 11) is 0. The van der Waals surface area contributed by atoms with Crippen molar-refractivity contribution < 1.29 is 32.3 Å². The summed E-state index contributed by atoms with van der Waals surface area (Å²) in [5, 5.41) is 4.44. The quantitative estimate of drug-likeness (QED) is 0.489. The highest BCUT2D eigenvalue weighted by molar-refractivity contribution is 6.22. The van der Waals surface area contributed by atoms with E-state index in [1.165, 1.54) is 36.4 Å². The van der Waals surface area contributed by atoms with Crippen LogP contribution < -0.4 is 10.6 Å². The predicted octanol–water partition coefficient (Wildman–Crippen LogP) is 3.71. The Bertz CT molecular complexity index is 1270. The van der Waals surface area contributed by atoms with E-state index in [0.717, 1.165) is 10.5 Å². The van der Waals surface area contributed by atoms with Crippen LogP contribution >= 0.6 is 0 Å². The number of imide groups is 1. The summed E-state index contributed by atoms with van der Waals surface area (Å²) in [6.07, 6.45) is -4.91. The molecule has 4 rings (SSSR count). The number of anilines is 1. The summed E-state index contributed by atoms with van der Waals surface area (Å²) in [5.41, 5.74) is 1.68. The fourth-order valence-electron chi connectivity index (χ4n) is 3.84. The fourth-order valence-corrected chi connectivity index (χ4v) is 3.84. The zero-order valence-corrected chi connectivity index (χ0v) is 18.7. The third-order valence-corrected chi connectivity index (χ3v) is 5.65. The lowest BCUT2D eigenvalue weighted by atomic mass is 10.0. The number of nitrogens with one attached hydrogen (secondary N) is 2. The molecule has 0 aromatic heterocycles. The second-order valence-electron chi connectivity index (χ2n) is 8.10. The van der Waals surface area contributed by atoms with Crippen molar-refractivity contribution in [3.8, 4) is 0 Å². The SMILES string of the molecule is O=C(NCc1ccc(NC(=O)C(F)(F)F)cc1)C(Cc1ccccc1)N1C(=O)c2ccccc2C1=O. The van der Waals surface area contributed by atoms with Gasteiger partial charge in [-0.15, -0.1) is 0 Å². The molecule has 7 nitrogen and oxygen atoms in total. The van der Waals surface area contributed by atoms with E-state index in [4.69, 9.17) is 0 Å². The number of halogens is 3. The molecule has 36 heavy (non-hydrogen) atoms. The predicted molar refractivity (Wildman–Crippen MR) is 124 cm³/mol. The average Bonchev–Trinajstić information content (AvgIpc) is 3.12. The van der Waals surface area contributed by atoms with Crippen LogP contribution in [0.2, 0.25) is 0 Å². The lowest BCUT2D eigenvalue weighted by Gasteiger charge is -2.25. The first-order chi connectivity index (χ1) is 17.1. The van der Waals surface area contributed by atoms with E-state index < -0.39 is 35.8 Å². The summed E-state index contributed by atoms with van der Waals surface area (Å²) in [4.78, 5) is 51.3. The smallest absolute Gasteiger partial charge is 0.350 e. The van der Waals surface area contributed by atoms with Crippen molar-refractivity contribution in [3.63, 3.8) is 0 Å². The van der Waals surface area contributed by atoms with Crippen molar-refractivity contribution in [1.82, 2.24) is 10.2 Å². The Morgan fingerprint density at radius 2 is 1.33 bits per heavy atom. The maximum atomic E-state index is 13.2. The summed E-state index contributed by atoms with van der Waals surface area (Å²) in [6.45, 7) is -0.0131. The van der Waals surface area contributed by atoms with Crippen LogP contribution in [0.1, 0.15) is 31.8 Å². The van der Waals surface area contributed by atoms with Crippen molar-refractivity contribution in [2.45, 2.75) is 25.2 Å². The molecule has 1 heterocycles. The minimum Gasteiger partial charge on any atom is -0.350 e. The highest BCUT2D eigenvalue weighted by atomic mass is 19.4. The van der Waals surface area contributed by atoms with Gasteiger partial charge in [0.05, 0.1) is 11.1 Å². The van der Waals surface area contributed by atoms with Crippen LogP contribution in [0.15, 0.2) is 78.9 Å². The van der Waals surface area contributed by atoms with Gasteiger partial charge in [0.1, 0.15) is 6.04 Å². The third-order valence-electron chi connectivity index (χ3n) is 5.65. The van der Waals surface area contributed by atoms with Crippen LogP contribution in [0.3, 0.4) is 0 Å². The first kappa shape index (κ1) is 24.6. The van der Waals surface area contributed by atoms with Crippen LogP contribution in [0.25, 0.3) is 0 Å². The molecule has 0 spiro atoms. The molecule has 0 fully saturated rings. The molecule has 184 valence electrons. The Kier molecular flexibility index (Phi) is 6.86. The maximum Gasteiger partial charge on any atom is 0.471 e. The number of fused-ring (bicyclic) bond motifs is 1. The molecule has 1 atom stereocenters. The molecular formula is C26H20F3N3O4. The van der Waals surface area contributed by atoms with Crippen molar-refractivity contribution >= 4 is 29.3 Å². The van der Waals surface area contributed by atoms with E-state index in [9.17, 15) is 32.3 Å². The Labute approximate surface area is 203 Å². The third kappa shape index (κ3) is 5.27. The van der Waals surface area contributed by atoms with Crippen molar-refractivity contribution in [1.29, 1.82) is 0 Å². The summed E-state index contributed by atoms with van der Waals surface area (Å²) in [6, 6.07) is 19.6. The largest absolute Gasteiger partial charge is 0.471 e. The van der Waals surface area contributed by atoms with Gasteiger partial charge in [-0.05, 0) is 35.4 Å². The summed E-state index contributed by atoms with van der Waals surface area (Å²) in [5.74, 6) is -3.77. The molecule has 3 aromatic rings. The number of rotatable bonds is 7. The number of alkyl halides is 3. The zero-order chi connectivity index (χ0) is 25.9. The number of benzene rings is 3. The topological polar surface area (TPSA) is 95.6 Å². The molecule has 0 radical (unpaired) electrons. The number of amides is 4. The Morgan fingerprint density at radius 3 is 1.89 bits per heavy atom. The number of carbonyl (C=O) groups excluding carboxylic acids is 4. The Hall–Kier alpha value is -4.47. The number of nitrogens with zero attached hydrogens (tertiary/aromatic N) is 1. The number of hydrogen-bond donors (Lipinski definition) is 2. The summed E-state index contributed by atoms with van der Waals surface area (Å²) >= 11 is 0. The average molecular weight is 495 g/mol. The van der Waals surface area contributed by atoms with Gasteiger partial charge in [0.15, 0.2) is 0 Å². The molecule has 0 saturated carbocycles. The van der Waals surface area contributed by atoms with Gasteiger partial charge in [-0.3, -0.25) is 24.1 Å². The molecular weight excluding hydrogens is 475 g/mol. The minimum atomic E-state index is -5.01. The lowest BCUT2D eigenvalue weighted by Crippen LogP contribution is -2.50. The molecule has 0 aliphatic carbocycles. The Balaban J connectivity index is 1.49. The fraction of sp³-hybridized carbons (Fsp3) is 0.154. The van der Waals surface area contributed by atoms with Gasteiger partial charge in [0.2, 0.25) is 5.91 Å². The molecule has 10 heteroatoms. The monoisotopic (exact) mass is 495 g/mol. The first-order valence-corrected chi connectivity index (χ1v) is 10.9. The van der Waals surface area contributed by atoms with Gasteiger partial charge in [-0.25, -0.2) is 0 Å². The van der Waals surface area contributed by atoms with Crippen LogP contribution in [0.5, 0.6) is 0 Å². The molecule has 1 aliphatic heterocycles. The van der Waals surface area contributed by atoms with Gasteiger partial charge in [0, 0.05) is 18.7 Å². The van der Waals surface area contributed by atoms with E-state index in [2.05, 4.69) is 5.32 Å². The molecule has 4 amide bonds. The zero-order valence-electron chi connectivity index (χ0n) is 18.7. The van der Waals surface area contributed by atoms with E-state index in [-0.39, 0.29) is 29.8 Å². The van der Waals surface area contributed by atoms with Gasteiger partial charge in [-0.1, -0.05) is 54.6 Å². The van der Waals surface area contributed by atoms with Crippen molar-refractivity contribution in [2.75, 3.05) is 5.32 Å². The van der Waals surface area contributed by atoms with Gasteiger partial charge >= 0.3 is 12.1 Å². The standard InChI is InChI=1S/C26H20F3N3O4/c27-26(28,29)25(36)31-18-12-10-17(11-13-18)15-30-22(33)21(14-16-6-2-1-3-7-16)32-23(34)19-8-4-5-9-20(19)24(32)35/h1-13,21H,14-15H2,(H,30,33)(H,31,36). The van der Waals surface area contributed by atoms with Gasteiger partial charge in [0.25, 0.3) is 11.8 Å². The normalized spacial score (nSPS) is 13.8. The Morgan fingerprint density at radius 1 is 0.778 bits per heavy atom. The number of carbonyl (C=O) groups is 4. The molecule has 0 bridgehead atoms. The number of hydrogen-bond acceptors (Lipinski definition) is 4. The highest BCUT2D eigenvalue weighted by Crippen LogP contribution is 2.26. The molecule has 0 saturated heterocycles. The van der Waals surface area contributed by atoms with Crippen LogP contribution in [-0.2, 0) is 22.6 Å². The van der Waals surface area contributed by atoms with Crippen molar-refractivity contribution in [3.05, 3.63) is 101 Å². The molecule has 2 N–H and O–H groups in total. The maximum absolute atomic E-state index is 13.2. The minimum absolute atomic E-state index is 0.0131. The second-order valence-corrected chi connectivity index (χ2v) is 8.10. The van der Waals surface area contributed by atoms with Crippen LogP contribution in [0, 0.1) is 0 Å². The second kappa shape index (κ2) is 10.0. The van der Waals surface area contributed by atoms with E-state index in [0.29, 0.717) is 5.56 Å². The molecule has 1 aliphatic rings. The van der Waals surface area contributed by atoms with Crippen LogP contribution in [-0.4, -0.2) is 40.7 Å². The van der Waals surface area contributed by atoms with E-state index in [1.807, 2.05) is 0 Å². The van der Waals surface area contributed by atoms with Crippen molar-refractivity contribution in [2.24, 2.45) is 0 Å². The first-order valence-electron chi connectivity index (χ1n) is 10.9. The summed E-state index contributed by atoms with van der Waals surface area (Å²) < 4.78 is 37.2. The van der Waals surface area contributed by atoms with E-state index in [1.54, 1.807) is 47.8 Å². The highest BCUT2D eigenvalue weighted by Gasteiger charge is 2.42. The van der Waals surface area contributed by atoms with Crippen LogP contribution in [0.4, 0.5) is 18.9 Å². The lowest BCUT2D eigenvalue weighted by molar-refractivity contribution is -0.167. The van der Waals surface area contributed by atoms with E-state index >= 15 is 0 Å². The molecule has 1 unspecified atom stereocenters.